The predicted octanol–water partition coefficient (Wildman–Crippen LogP) is 21.9. The van der Waals surface area contributed by atoms with Crippen LogP contribution in [0.5, 0.6) is 121 Å². The Hall–Kier alpha value is -19.2. The number of ketones is 4. The Kier molecular flexibility index (Phi) is 42.9. The molecule has 36 heteroatoms. The van der Waals surface area contributed by atoms with Gasteiger partial charge in [-0.1, -0.05) is 60.7 Å². The molecule has 148 heavy (non-hydrogen) atoms. The van der Waals surface area contributed by atoms with Crippen LogP contribution in [-0.4, -0.2) is 180 Å². The Balaban J connectivity index is 0.000000219. The zero-order valence-corrected chi connectivity index (χ0v) is 85.1. The smallest absolute Gasteiger partial charge is 0.280 e. The summed E-state index contributed by atoms with van der Waals surface area (Å²) in [7, 11) is 30.9. The molecule has 0 aliphatic rings. The molecule has 0 aliphatic carbocycles. The second-order valence-corrected chi connectivity index (χ2v) is 30.5. The Labute approximate surface area is 856 Å². The molecule has 0 heterocycles. The van der Waals surface area contributed by atoms with Crippen molar-refractivity contribution in [2.45, 2.75) is 0 Å². The number of hydrogen-bond donors (Lipinski definition) is 6. The summed E-state index contributed by atoms with van der Waals surface area (Å²) < 4.78 is 109. The first kappa shape index (κ1) is 112. The first-order valence-electron chi connectivity index (χ1n) is 44.6. The molecular weight excluding hydrogens is 1910 g/mol. The summed E-state index contributed by atoms with van der Waals surface area (Å²) in [5.74, 6) is 9.09. The zero-order valence-electron chi connectivity index (χ0n) is 85.1. The number of aromatic hydroxyl groups is 1. The van der Waals surface area contributed by atoms with E-state index < -0.39 is 15.6 Å². The molecule has 772 valence electrons. The third kappa shape index (κ3) is 30.2. The van der Waals surface area contributed by atoms with Crippen LogP contribution in [0.4, 0.5) is 39.8 Å². The van der Waals surface area contributed by atoms with Gasteiger partial charge >= 0.3 is 0 Å². The summed E-state index contributed by atoms with van der Waals surface area (Å²) >= 11 is 0. The number of rotatable bonds is 46. The van der Waals surface area contributed by atoms with E-state index in [1.165, 1.54) is 133 Å². The minimum Gasteiger partial charge on any atom is -0.508 e. The fourth-order valence-corrected chi connectivity index (χ4v) is 14.4. The first-order valence-corrected chi connectivity index (χ1v) is 44.6. The maximum atomic E-state index is 12.6. The van der Waals surface area contributed by atoms with E-state index in [1.54, 1.807) is 167 Å². The topological polar surface area (TPSA) is 434 Å². The highest BCUT2D eigenvalue weighted by atomic mass is 16.6. The highest BCUT2D eigenvalue weighted by Gasteiger charge is 2.23. The van der Waals surface area contributed by atoms with Crippen LogP contribution in [0.3, 0.4) is 0 Å². The van der Waals surface area contributed by atoms with Gasteiger partial charge in [0, 0.05) is 89.7 Å². The van der Waals surface area contributed by atoms with Gasteiger partial charge in [0.15, 0.2) is 115 Å². The largest absolute Gasteiger partial charge is 0.508 e. The third-order valence-electron chi connectivity index (χ3n) is 21.6. The molecule has 36 nitrogen and oxygen atoms in total. The normalized spacial score (nSPS) is 10.9. The number of para-hydroxylation sites is 1. The summed E-state index contributed by atoms with van der Waals surface area (Å²) in [5, 5.41) is 43.7. The van der Waals surface area contributed by atoms with Crippen LogP contribution in [0.15, 0.2) is 243 Å². The number of anilines is 5. The fourth-order valence-electron chi connectivity index (χ4n) is 14.4. The standard InChI is InChI=1S/2C28H28N2O8.C28H30N2O6.C28H29NO7/c1-34-24-15-18(6-7-19-16-25(35-2)28(38-5)26(17-19)36-3)14-22(27(24)37-4)29-13-12-23(31)20-8-10-21(11-9-20)30(32)33;1-34-24-15-18(10-11-19-16-25(35-2)28(38-5)26(17-19)36-3)14-21(27(24)37-4)29-13-12-23(31)20-8-6-7-9-22(20)30(32)33;1-32-24-15-18(6-7-19-16-25(33-2)28(36-5)26(17-19)34-3)14-22(27(24)35-4)30-13-12-23(31)20-8-10-21(29)11-9-20;1-32-24-15-18(6-7-19-16-25(33-2)28(36-5)26(17-19)34-3)14-22(27(24)35-4)29-13-12-23(31)20-8-10-21(30)11-9-20/h2*6-17,29H,1-5H3;6-17,30H,29H2,1-5H3;6-17,29-30H,1-5H3/b7-6-,13-12-;11-10-,13-12-;2*7-6-,13-12-. The number of phenols is 1. The van der Waals surface area contributed by atoms with E-state index >= 15 is 0 Å². The average Bonchev–Trinajstić information content (AvgIpc) is 0.817. The number of non-ortho nitro benzene ring substituents is 1. The van der Waals surface area contributed by atoms with Gasteiger partial charge in [0.2, 0.25) is 23.0 Å². The van der Waals surface area contributed by atoms with Gasteiger partial charge in [0.25, 0.3) is 11.4 Å². The van der Waals surface area contributed by atoms with Gasteiger partial charge in [-0.05, 0) is 208 Å². The SMILES string of the molecule is COc1cc(/C=C\c2cc(OC)c(OC)c(OC)c2)cc(N/C=C\C(=O)c2ccc(N)cc2)c1OC.COc1cc(/C=C\c2cc(OC)c(OC)c(OC)c2)cc(N/C=C\C(=O)c2ccc(O)cc2)c1OC.COc1cc(/C=C\c2cc(OC)c(OC)c(OC)c2)cc(N/C=C\C(=O)c2ccc([N+](=O)[O-])cc2)c1OC.COc1cc(/C=C\c2cc(OC)c(OC)c(OC)c2)cc(N/C=C\C(=O)c2ccccc2[N+](=O)[O-])c1OC. The van der Waals surface area contributed by atoms with Crippen LogP contribution in [-0.2, 0) is 0 Å². The number of nitrogen functional groups attached to an aromatic ring is 1. The Morgan fingerprint density at radius 1 is 0.257 bits per heavy atom. The summed E-state index contributed by atoms with van der Waals surface area (Å²) in [6, 6.07) is 53.2. The molecule has 0 atom stereocenters. The molecular formula is C112H115N7O29. The van der Waals surface area contributed by atoms with Crippen LogP contribution in [0.2, 0.25) is 0 Å². The highest BCUT2D eigenvalue weighted by Crippen LogP contribution is 2.47. The summed E-state index contributed by atoms with van der Waals surface area (Å²) in [5.41, 5.74) is 16.1. The molecule has 0 unspecified atom stereocenters. The first-order chi connectivity index (χ1) is 71.6. The van der Waals surface area contributed by atoms with Crippen molar-refractivity contribution in [1.29, 1.82) is 0 Å². The number of nitro benzene ring substituents is 2. The van der Waals surface area contributed by atoms with Crippen LogP contribution in [0.25, 0.3) is 48.6 Å². The quantitative estimate of drug-likeness (QED) is 0.00515. The van der Waals surface area contributed by atoms with Crippen molar-refractivity contribution in [1.82, 2.24) is 0 Å². The third-order valence-corrected chi connectivity index (χ3v) is 21.6. The predicted molar refractivity (Wildman–Crippen MR) is 572 cm³/mol. The summed E-state index contributed by atoms with van der Waals surface area (Å²) in [6.07, 6.45) is 26.4. The van der Waals surface area contributed by atoms with E-state index in [1.807, 2.05) is 134 Å². The number of phenolic OH excluding ortho intramolecular Hbond substituents is 1. The number of carbonyl (C=O) groups is 4. The van der Waals surface area contributed by atoms with E-state index in [2.05, 4.69) is 21.3 Å². The van der Waals surface area contributed by atoms with Crippen molar-refractivity contribution in [2.75, 3.05) is 169 Å². The molecule has 0 amide bonds. The maximum Gasteiger partial charge on any atom is 0.280 e. The minimum atomic E-state index is -0.591. The average molecular weight is 2020 g/mol. The van der Waals surface area contributed by atoms with Gasteiger partial charge in [-0.3, -0.25) is 39.4 Å². The number of methoxy groups -OCH3 is 20. The van der Waals surface area contributed by atoms with Crippen LogP contribution >= 0.6 is 0 Å². The van der Waals surface area contributed by atoms with Crippen LogP contribution in [0.1, 0.15) is 85.9 Å². The van der Waals surface area contributed by atoms with E-state index in [-0.39, 0.29) is 40.0 Å². The minimum absolute atomic E-state index is 0.0119. The molecule has 0 fully saturated rings. The molecule has 0 saturated heterocycles. The molecule has 0 aromatic heterocycles. The van der Waals surface area contributed by atoms with Crippen LogP contribution in [0, 0.1) is 20.2 Å². The van der Waals surface area contributed by atoms with Gasteiger partial charge in [0.05, 0.1) is 180 Å². The van der Waals surface area contributed by atoms with E-state index in [0.717, 1.165) is 44.5 Å². The number of nitrogens with two attached hydrogens (primary N) is 1. The van der Waals surface area contributed by atoms with Gasteiger partial charge in [0.1, 0.15) is 5.75 Å². The second kappa shape index (κ2) is 56.5. The van der Waals surface area contributed by atoms with Crippen molar-refractivity contribution in [3.63, 3.8) is 0 Å². The molecule has 12 aromatic carbocycles. The van der Waals surface area contributed by atoms with E-state index in [0.29, 0.717) is 160 Å². The molecule has 12 aromatic rings. The Morgan fingerprint density at radius 3 is 0.676 bits per heavy atom. The summed E-state index contributed by atoms with van der Waals surface area (Å²) in [4.78, 5) is 70.8. The van der Waals surface area contributed by atoms with Gasteiger partial charge in [-0.2, -0.15) is 0 Å². The molecule has 12 rings (SSSR count). The van der Waals surface area contributed by atoms with Crippen LogP contribution < -0.4 is 122 Å². The van der Waals surface area contributed by atoms with E-state index in [4.69, 9.17) is 100 Å². The van der Waals surface area contributed by atoms with Crippen molar-refractivity contribution in [3.8, 4) is 121 Å². The zero-order chi connectivity index (χ0) is 107. The van der Waals surface area contributed by atoms with Crippen molar-refractivity contribution >= 4 is 112 Å². The molecule has 0 aliphatic heterocycles. The van der Waals surface area contributed by atoms with Gasteiger partial charge < -0.3 is 127 Å². The molecule has 0 radical (unpaired) electrons. The Morgan fingerprint density at radius 2 is 0.459 bits per heavy atom. The molecule has 0 spiro atoms. The monoisotopic (exact) mass is 2020 g/mol. The highest BCUT2D eigenvalue weighted by molar-refractivity contribution is 6.08. The molecule has 7 N–H and O–H groups in total. The lowest BCUT2D eigenvalue weighted by Gasteiger charge is -2.14. The number of ether oxygens (including phenoxy) is 20. The number of nitro groups is 2. The van der Waals surface area contributed by atoms with Gasteiger partial charge in [-0.15, -0.1) is 0 Å². The van der Waals surface area contributed by atoms with Crippen molar-refractivity contribution in [2.24, 2.45) is 0 Å². The van der Waals surface area contributed by atoms with Gasteiger partial charge in [-0.25, -0.2) is 0 Å². The molecule has 0 saturated carbocycles. The number of hydrogen-bond acceptors (Lipinski definition) is 34. The molecule has 0 bridgehead atoms. The number of carbonyl (C=O) groups excluding carboxylic acids is 4. The van der Waals surface area contributed by atoms with E-state index in [9.17, 15) is 44.5 Å². The number of nitrogens with zero attached hydrogens (tertiary/aromatic N) is 2. The number of benzene rings is 12. The lowest BCUT2D eigenvalue weighted by atomic mass is 10.1. The fraction of sp³-hybridized carbons (Fsp3) is 0.179. The summed E-state index contributed by atoms with van der Waals surface area (Å²) in [6.45, 7) is 0. The maximum absolute atomic E-state index is 12.6. The lowest BCUT2D eigenvalue weighted by Crippen LogP contribution is -2.02. The Bertz CT molecular complexity index is 6610. The number of allylic oxidation sites excluding steroid dienone is 4. The number of nitrogens with one attached hydrogen (secondary N) is 4. The second-order valence-electron chi connectivity index (χ2n) is 30.5. The lowest BCUT2D eigenvalue weighted by molar-refractivity contribution is -0.385. The van der Waals surface area contributed by atoms with Crippen molar-refractivity contribution < 1.29 is 129 Å². The van der Waals surface area contributed by atoms with Crippen molar-refractivity contribution in [3.05, 3.63) is 330 Å².